The molecule has 2 aromatic heterocycles. The van der Waals surface area contributed by atoms with Gasteiger partial charge in [0.1, 0.15) is 0 Å². The monoisotopic (exact) mass is 234 g/mol. The highest BCUT2D eigenvalue weighted by atomic mass is 15.4. The third-order valence-electron chi connectivity index (χ3n) is 2.56. The molecule has 0 aliphatic carbocycles. The van der Waals surface area contributed by atoms with E-state index < -0.39 is 0 Å². The van der Waals surface area contributed by atoms with Gasteiger partial charge in [0.05, 0.1) is 24.8 Å². The molecule has 0 atom stereocenters. The zero-order chi connectivity index (χ0) is 11.9. The van der Waals surface area contributed by atoms with Gasteiger partial charge in [0, 0.05) is 32.0 Å². The van der Waals surface area contributed by atoms with Crippen LogP contribution in [-0.4, -0.2) is 31.1 Å². The van der Waals surface area contributed by atoms with Gasteiger partial charge in [-0.15, -0.1) is 5.10 Å². The Hall–Kier alpha value is -1.69. The van der Waals surface area contributed by atoms with E-state index in [2.05, 4.69) is 32.1 Å². The number of aromatic nitrogens is 5. The lowest BCUT2D eigenvalue weighted by atomic mass is 10.4. The molecule has 2 rings (SSSR count). The topological polar surface area (TPSA) is 60.6 Å². The normalized spacial score (nSPS) is 10.9. The van der Waals surface area contributed by atoms with Crippen LogP contribution in [0, 0.1) is 0 Å². The number of hydrogen-bond acceptors (Lipinski definition) is 4. The van der Waals surface area contributed by atoms with Crippen molar-refractivity contribution in [3.63, 3.8) is 0 Å². The Morgan fingerprint density at radius 2 is 2.29 bits per heavy atom. The van der Waals surface area contributed by atoms with Crippen LogP contribution in [0.25, 0.3) is 0 Å². The van der Waals surface area contributed by atoms with Crippen molar-refractivity contribution in [2.75, 3.05) is 6.54 Å². The standard InChI is InChI=1S/C11H18N6/c1-2-5-16-10-13-9-11(16)8-12-3-6-17-7-4-14-15-17/h4,7,9-10,12H,2-3,5-6,8H2,1H3. The second kappa shape index (κ2) is 6.15. The van der Waals surface area contributed by atoms with Gasteiger partial charge in [0.15, 0.2) is 0 Å². The number of imidazole rings is 1. The average Bonchev–Trinajstić information content (AvgIpc) is 2.96. The molecule has 0 aliphatic rings. The van der Waals surface area contributed by atoms with Crippen LogP contribution in [0.15, 0.2) is 24.9 Å². The van der Waals surface area contributed by atoms with Crippen LogP contribution in [0.3, 0.4) is 0 Å². The smallest absolute Gasteiger partial charge is 0.0948 e. The molecule has 1 N–H and O–H groups in total. The third-order valence-corrected chi connectivity index (χ3v) is 2.56. The van der Waals surface area contributed by atoms with Crippen LogP contribution in [-0.2, 0) is 19.6 Å². The molecule has 0 fully saturated rings. The van der Waals surface area contributed by atoms with Gasteiger partial charge in [0.25, 0.3) is 0 Å². The van der Waals surface area contributed by atoms with Crippen molar-refractivity contribution in [1.82, 2.24) is 29.9 Å². The van der Waals surface area contributed by atoms with E-state index in [0.29, 0.717) is 0 Å². The second-order valence-electron chi connectivity index (χ2n) is 3.92. The predicted molar refractivity (Wildman–Crippen MR) is 64.2 cm³/mol. The first-order valence-electron chi connectivity index (χ1n) is 5.94. The number of hydrogen-bond donors (Lipinski definition) is 1. The zero-order valence-corrected chi connectivity index (χ0v) is 10.1. The Morgan fingerprint density at radius 3 is 3.06 bits per heavy atom. The lowest BCUT2D eigenvalue weighted by Gasteiger charge is -2.07. The minimum absolute atomic E-state index is 0.835. The van der Waals surface area contributed by atoms with Crippen LogP contribution in [0.5, 0.6) is 0 Å². The van der Waals surface area contributed by atoms with Crippen LogP contribution in [0.4, 0.5) is 0 Å². The third kappa shape index (κ3) is 3.39. The Kier molecular flexibility index (Phi) is 4.26. The highest BCUT2D eigenvalue weighted by Gasteiger charge is 2.00. The Balaban J connectivity index is 1.72. The van der Waals surface area contributed by atoms with Crippen molar-refractivity contribution < 1.29 is 0 Å². The van der Waals surface area contributed by atoms with Gasteiger partial charge in [0.2, 0.25) is 0 Å². The van der Waals surface area contributed by atoms with Crippen molar-refractivity contribution in [3.05, 3.63) is 30.6 Å². The Labute approximate surface area is 101 Å². The molecule has 0 saturated carbocycles. The molecule has 0 bridgehead atoms. The molecule has 92 valence electrons. The lowest BCUT2D eigenvalue weighted by molar-refractivity contribution is 0.527. The summed E-state index contributed by atoms with van der Waals surface area (Å²) in [6.45, 7) is 5.75. The van der Waals surface area contributed by atoms with E-state index in [1.165, 1.54) is 5.69 Å². The van der Waals surface area contributed by atoms with Crippen molar-refractivity contribution >= 4 is 0 Å². The molecule has 0 unspecified atom stereocenters. The fourth-order valence-electron chi connectivity index (χ4n) is 1.70. The first-order chi connectivity index (χ1) is 8.40. The molecule has 2 heterocycles. The van der Waals surface area contributed by atoms with Gasteiger partial charge in [-0.25, -0.2) is 4.98 Å². The van der Waals surface area contributed by atoms with Crippen LogP contribution >= 0.6 is 0 Å². The molecule has 17 heavy (non-hydrogen) atoms. The SMILES string of the molecule is CCCn1cncc1CNCCn1ccnn1. The van der Waals surface area contributed by atoms with E-state index in [-0.39, 0.29) is 0 Å². The zero-order valence-electron chi connectivity index (χ0n) is 10.1. The predicted octanol–water partition coefficient (Wildman–Crippen LogP) is 0.674. The van der Waals surface area contributed by atoms with Crippen molar-refractivity contribution in [2.24, 2.45) is 0 Å². The quantitative estimate of drug-likeness (QED) is 0.715. The summed E-state index contributed by atoms with van der Waals surface area (Å²) in [5, 5.41) is 11.0. The van der Waals surface area contributed by atoms with E-state index in [0.717, 1.165) is 32.6 Å². The molecule has 0 radical (unpaired) electrons. The lowest BCUT2D eigenvalue weighted by Crippen LogP contribution is -2.21. The maximum absolute atomic E-state index is 4.16. The van der Waals surface area contributed by atoms with Crippen LogP contribution in [0.1, 0.15) is 19.0 Å². The minimum atomic E-state index is 0.835. The fraction of sp³-hybridized carbons (Fsp3) is 0.545. The van der Waals surface area contributed by atoms with E-state index in [4.69, 9.17) is 0 Å². The number of rotatable bonds is 7. The number of nitrogens with one attached hydrogen (secondary N) is 1. The Morgan fingerprint density at radius 1 is 1.35 bits per heavy atom. The maximum atomic E-state index is 4.16. The summed E-state index contributed by atoms with van der Waals surface area (Å²) in [5.41, 5.74) is 1.23. The minimum Gasteiger partial charge on any atom is -0.333 e. The summed E-state index contributed by atoms with van der Waals surface area (Å²) in [5.74, 6) is 0. The van der Waals surface area contributed by atoms with E-state index >= 15 is 0 Å². The highest BCUT2D eigenvalue weighted by molar-refractivity contribution is 4.97. The first kappa shape index (κ1) is 11.8. The molecule has 0 spiro atoms. The molecule has 0 aromatic carbocycles. The average molecular weight is 234 g/mol. The highest BCUT2D eigenvalue weighted by Crippen LogP contribution is 2.00. The molecule has 0 saturated heterocycles. The summed E-state index contributed by atoms with van der Waals surface area (Å²) in [6.07, 6.45) is 8.48. The van der Waals surface area contributed by atoms with Gasteiger partial charge >= 0.3 is 0 Å². The summed E-state index contributed by atoms with van der Waals surface area (Å²) >= 11 is 0. The number of nitrogens with zero attached hydrogens (tertiary/aromatic N) is 5. The number of aryl methyl sites for hydroxylation is 1. The van der Waals surface area contributed by atoms with Crippen LogP contribution < -0.4 is 5.32 Å². The molecule has 6 nitrogen and oxygen atoms in total. The van der Waals surface area contributed by atoms with Crippen LogP contribution in [0.2, 0.25) is 0 Å². The summed E-state index contributed by atoms with van der Waals surface area (Å²) in [4.78, 5) is 4.16. The first-order valence-corrected chi connectivity index (χ1v) is 5.94. The van der Waals surface area contributed by atoms with E-state index in [1.807, 2.05) is 23.4 Å². The molecular weight excluding hydrogens is 216 g/mol. The van der Waals surface area contributed by atoms with Crippen molar-refractivity contribution in [1.29, 1.82) is 0 Å². The molecular formula is C11H18N6. The van der Waals surface area contributed by atoms with Crippen molar-refractivity contribution in [3.8, 4) is 0 Å². The van der Waals surface area contributed by atoms with Gasteiger partial charge in [-0.2, -0.15) is 0 Å². The largest absolute Gasteiger partial charge is 0.333 e. The van der Waals surface area contributed by atoms with E-state index in [1.54, 1.807) is 6.20 Å². The molecule has 0 amide bonds. The molecule has 6 heteroatoms. The molecule has 2 aromatic rings. The van der Waals surface area contributed by atoms with Gasteiger partial charge in [-0.1, -0.05) is 12.1 Å². The van der Waals surface area contributed by atoms with Crippen molar-refractivity contribution in [2.45, 2.75) is 33.0 Å². The van der Waals surface area contributed by atoms with Gasteiger partial charge in [-0.05, 0) is 6.42 Å². The maximum Gasteiger partial charge on any atom is 0.0948 e. The Bertz CT molecular complexity index is 419. The molecule has 0 aliphatic heterocycles. The fourth-order valence-corrected chi connectivity index (χ4v) is 1.70. The summed E-state index contributed by atoms with van der Waals surface area (Å²) in [6, 6.07) is 0. The summed E-state index contributed by atoms with van der Waals surface area (Å²) in [7, 11) is 0. The van der Waals surface area contributed by atoms with Gasteiger partial charge < -0.3 is 9.88 Å². The second-order valence-corrected chi connectivity index (χ2v) is 3.92. The summed E-state index contributed by atoms with van der Waals surface area (Å²) < 4.78 is 4.00. The van der Waals surface area contributed by atoms with Gasteiger partial charge in [-0.3, -0.25) is 4.68 Å². The van der Waals surface area contributed by atoms with E-state index in [9.17, 15) is 0 Å².